The normalized spacial score (nSPS) is 10.1. The van der Waals surface area contributed by atoms with Crippen LogP contribution in [0.15, 0.2) is 42.5 Å². The molecule has 4 N–H and O–H groups in total. The van der Waals surface area contributed by atoms with Gasteiger partial charge in [-0.15, -0.1) is 0 Å². The number of amides is 1. The van der Waals surface area contributed by atoms with Gasteiger partial charge in [0.2, 0.25) is 5.91 Å². The number of phenols is 1. The van der Waals surface area contributed by atoms with Crippen LogP contribution < -0.4 is 16.2 Å². The topological polar surface area (TPSA) is 73.4 Å². The number of aryl methyl sites for hydroxylation is 2. The summed E-state index contributed by atoms with van der Waals surface area (Å²) in [5.74, 6) is 0.0201. The molecular formula is C17H18ClN3O2S. The Morgan fingerprint density at radius 3 is 2.54 bits per heavy atom. The monoisotopic (exact) mass is 363 g/mol. The van der Waals surface area contributed by atoms with Gasteiger partial charge in [-0.05, 0) is 61.0 Å². The summed E-state index contributed by atoms with van der Waals surface area (Å²) in [5, 5.41) is 13.1. The summed E-state index contributed by atoms with van der Waals surface area (Å²) in [7, 11) is 0. The third-order valence-corrected chi connectivity index (χ3v) is 3.93. The molecule has 1 amide bonds. The molecule has 2 aromatic rings. The average Bonchev–Trinajstić information content (AvgIpc) is 2.56. The molecule has 126 valence electrons. The van der Waals surface area contributed by atoms with Crippen LogP contribution in [0.5, 0.6) is 5.75 Å². The van der Waals surface area contributed by atoms with E-state index in [1.165, 1.54) is 0 Å². The molecule has 0 radical (unpaired) electrons. The van der Waals surface area contributed by atoms with Gasteiger partial charge in [0.25, 0.3) is 0 Å². The number of benzene rings is 2. The summed E-state index contributed by atoms with van der Waals surface area (Å²) in [6.07, 6.45) is 0.873. The molecule has 0 saturated carbocycles. The lowest BCUT2D eigenvalue weighted by Gasteiger charge is -2.12. The van der Waals surface area contributed by atoms with Crippen LogP contribution in [0, 0.1) is 6.92 Å². The number of rotatable bonds is 4. The van der Waals surface area contributed by atoms with Gasteiger partial charge in [-0.1, -0.05) is 29.8 Å². The molecule has 2 rings (SSSR count). The van der Waals surface area contributed by atoms with E-state index in [2.05, 4.69) is 16.2 Å². The van der Waals surface area contributed by atoms with Crippen molar-refractivity contribution in [2.45, 2.75) is 19.8 Å². The molecule has 0 unspecified atom stereocenters. The molecule has 24 heavy (non-hydrogen) atoms. The van der Waals surface area contributed by atoms with E-state index < -0.39 is 0 Å². The first kappa shape index (κ1) is 18.0. The maximum atomic E-state index is 11.8. The highest BCUT2D eigenvalue weighted by Gasteiger charge is 2.04. The van der Waals surface area contributed by atoms with E-state index in [1.807, 2.05) is 19.1 Å². The van der Waals surface area contributed by atoms with Crippen LogP contribution >= 0.6 is 23.8 Å². The van der Waals surface area contributed by atoms with Crippen molar-refractivity contribution >= 4 is 40.5 Å². The van der Waals surface area contributed by atoms with E-state index >= 15 is 0 Å². The fraction of sp³-hybridized carbons (Fsp3) is 0.176. The van der Waals surface area contributed by atoms with Crippen LogP contribution in [-0.2, 0) is 11.2 Å². The fourth-order valence-corrected chi connectivity index (χ4v) is 2.29. The largest absolute Gasteiger partial charge is 0.508 e. The number of carbonyl (C=O) groups excluding carboxylic acids is 1. The molecule has 7 heteroatoms. The van der Waals surface area contributed by atoms with E-state index in [4.69, 9.17) is 23.8 Å². The lowest BCUT2D eigenvalue weighted by Crippen LogP contribution is -2.43. The summed E-state index contributed by atoms with van der Waals surface area (Å²) in [6, 6.07) is 12.2. The zero-order chi connectivity index (χ0) is 17.5. The van der Waals surface area contributed by atoms with Crippen LogP contribution in [0.2, 0.25) is 5.02 Å². The molecule has 0 aliphatic carbocycles. The zero-order valence-corrected chi connectivity index (χ0v) is 14.7. The Kier molecular flexibility index (Phi) is 6.40. The second kappa shape index (κ2) is 8.52. The van der Waals surface area contributed by atoms with Crippen LogP contribution in [0.4, 0.5) is 5.69 Å². The molecule has 0 bridgehead atoms. The summed E-state index contributed by atoms with van der Waals surface area (Å²) in [6.45, 7) is 1.91. The average molecular weight is 364 g/mol. The van der Waals surface area contributed by atoms with Gasteiger partial charge in [-0.2, -0.15) is 0 Å². The van der Waals surface area contributed by atoms with Gasteiger partial charge in [0, 0.05) is 17.1 Å². The van der Waals surface area contributed by atoms with Crippen LogP contribution in [0.1, 0.15) is 17.5 Å². The van der Waals surface area contributed by atoms with Gasteiger partial charge in [0.05, 0.1) is 0 Å². The summed E-state index contributed by atoms with van der Waals surface area (Å²) < 4.78 is 0. The molecule has 0 saturated heterocycles. The van der Waals surface area contributed by atoms with E-state index in [-0.39, 0.29) is 16.8 Å². The van der Waals surface area contributed by atoms with Gasteiger partial charge < -0.3 is 10.4 Å². The Labute approximate surface area is 151 Å². The quantitative estimate of drug-likeness (QED) is 0.495. The highest BCUT2D eigenvalue weighted by Crippen LogP contribution is 2.19. The van der Waals surface area contributed by atoms with Crippen LogP contribution in [-0.4, -0.2) is 16.1 Å². The van der Waals surface area contributed by atoms with E-state index in [9.17, 15) is 9.90 Å². The van der Waals surface area contributed by atoms with Crippen molar-refractivity contribution in [3.8, 4) is 5.75 Å². The second-order valence-electron chi connectivity index (χ2n) is 5.26. The third kappa shape index (κ3) is 5.72. The van der Waals surface area contributed by atoms with Crippen molar-refractivity contribution in [3.63, 3.8) is 0 Å². The molecule has 0 spiro atoms. The number of anilines is 1. The fourth-order valence-electron chi connectivity index (χ4n) is 1.94. The van der Waals surface area contributed by atoms with E-state index in [0.29, 0.717) is 17.9 Å². The minimum atomic E-state index is -0.186. The molecule has 5 nitrogen and oxygen atoms in total. The first-order valence-corrected chi connectivity index (χ1v) is 8.12. The highest BCUT2D eigenvalue weighted by atomic mass is 35.5. The van der Waals surface area contributed by atoms with Crippen molar-refractivity contribution < 1.29 is 9.90 Å². The Morgan fingerprint density at radius 1 is 1.17 bits per heavy atom. The molecule has 0 aliphatic heterocycles. The van der Waals surface area contributed by atoms with Gasteiger partial charge in [-0.3, -0.25) is 15.6 Å². The highest BCUT2D eigenvalue weighted by molar-refractivity contribution is 7.80. The first-order chi connectivity index (χ1) is 11.4. The summed E-state index contributed by atoms with van der Waals surface area (Å²) in [5.41, 5.74) is 7.87. The Hall–Kier alpha value is -2.31. The van der Waals surface area contributed by atoms with Crippen LogP contribution in [0.3, 0.4) is 0 Å². The van der Waals surface area contributed by atoms with Gasteiger partial charge in [0.15, 0.2) is 5.11 Å². The van der Waals surface area contributed by atoms with Gasteiger partial charge in [0.1, 0.15) is 5.75 Å². The van der Waals surface area contributed by atoms with Crippen molar-refractivity contribution in [2.24, 2.45) is 0 Å². The molecule has 0 heterocycles. The standard InChI is InChI=1S/C17H18ClN3O2S/c1-11-2-6-13(10-15(11)18)19-17(24)21-20-16(23)9-5-12-3-7-14(22)8-4-12/h2-4,6-8,10,22H,5,9H2,1H3,(H,20,23)(H2,19,21,24). The molecule has 0 fully saturated rings. The second-order valence-corrected chi connectivity index (χ2v) is 6.07. The minimum absolute atomic E-state index is 0.186. The molecule has 2 aromatic carbocycles. The summed E-state index contributed by atoms with van der Waals surface area (Å²) in [4.78, 5) is 11.8. The van der Waals surface area contributed by atoms with Crippen LogP contribution in [0.25, 0.3) is 0 Å². The predicted molar refractivity (Wildman–Crippen MR) is 100 cm³/mol. The first-order valence-electron chi connectivity index (χ1n) is 7.34. The molecule has 0 aromatic heterocycles. The number of hydrazine groups is 1. The van der Waals surface area contributed by atoms with E-state index in [1.54, 1.807) is 30.3 Å². The maximum absolute atomic E-state index is 11.8. The van der Waals surface area contributed by atoms with Crippen molar-refractivity contribution in [1.82, 2.24) is 10.9 Å². The number of halogens is 1. The van der Waals surface area contributed by atoms with Crippen molar-refractivity contribution in [1.29, 1.82) is 0 Å². The number of nitrogens with one attached hydrogen (secondary N) is 3. The molecular weight excluding hydrogens is 346 g/mol. The number of hydrogen-bond acceptors (Lipinski definition) is 3. The number of hydrogen-bond donors (Lipinski definition) is 4. The summed E-state index contributed by atoms with van der Waals surface area (Å²) >= 11 is 11.2. The lowest BCUT2D eigenvalue weighted by molar-refractivity contribution is -0.121. The van der Waals surface area contributed by atoms with Gasteiger partial charge >= 0.3 is 0 Å². The smallest absolute Gasteiger partial charge is 0.238 e. The van der Waals surface area contributed by atoms with Crippen molar-refractivity contribution in [2.75, 3.05) is 5.32 Å². The molecule has 0 aliphatic rings. The van der Waals surface area contributed by atoms with Gasteiger partial charge in [-0.25, -0.2) is 0 Å². The predicted octanol–water partition coefficient (Wildman–Crippen LogP) is 3.30. The third-order valence-electron chi connectivity index (χ3n) is 3.32. The lowest BCUT2D eigenvalue weighted by atomic mass is 10.1. The number of carbonyl (C=O) groups is 1. The Bertz CT molecular complexity index is 735. The number of thiocarbonyl (C=S) groups is 1. The zero-order valence-electron chi connectivity index (χ0n) is 13.1. The Morgan fingerprint density at radius 2 is 1.88 bits per heavy atom. The molecule has 0 atom stereocenters. The SMILES string of the molecule is Cc1ccc(NC(=S)NNC(=O)CCc2ccc(O)cc2)cc1Cl. The maximum Gasteiger partial charge on any atom is 0.238 e. The Balaban J connectivity index is 1.73. The minimum Gasteiger partial charge on any atom is -0.508 e. The van der Waals surface area contributed by atoms with Crippen molar-refractivity contribution in [3.05, 3.63) is 58.6 Å². The van der Waals surface area contributed by atoms with E-state index in [0.717, 1.165) is 16.8 Å². The number of phenolic OH excluding ortho intramolecular Hbond substituents is 1. The number of aromatic hydroxyl groups is 1.